The van der Waals surface area contributed by atoms with Crippen molar-refractivity contribution in [3.8, 4) is 11.5 Å². The highest BCUT2D eigenvalue weighted by atomic mass is 35.5. The van der Waals surface area contributed by atoms with Gasteiger partial charge in [0, 0.05) is 29.6 Å². The van der Waals surface area contributed by atoms with Crippen molar-refractivity contribution in [1.29, 1.82) is 0 Å². The third-order valence-corrected chi connectivity index (χ3v) is 4.09. The maximum Gasteiger partial charge on any atom is 0.407 e. The fourth-order valence-corrected chi connectivity index (χ4v) is 2.84. The van der Waals surface area contributed by atoms with Crippen LogP contribution in [0.25, 0.3) is 11.5 Å². The van der Waals surface area contributed by atoms with Crippen molar-refractivity contribution in [1.82, 2.24) is 15.1 Å². The molecule has 0 spiro atoms. The molecule has 2 heterocycles. The fourth-order valence-electron chi connectivity index (χ4n) is 2.71. The van der Waals surface area contributed by atoms with Crippen LogP contribution in [0.2, 0.25) is 5.02 Å². The molecule has 0 radical (unpaired) electrons. The smallest absolute Gasteiger partial charge is 0.407 e. The van der Waals surface area contributed by atoms with Gasteiger partial charge in [0.1, 0.15) is 0 Å². The van der Waals surface area contributed by atoms with E-state index in [0.717, 1.165) is 24.8 Å². The minimum absolute atomic E-state index is 0.0928. The molecule has 1 atom stereocenters. The molecular weight excluding hydrogens is 306 g/mol. The van der Waals surface area contributed by atoms with Crippen molar-refractivity contribution in [2.45, 2.75) is 31.7 Å². The van der Waals surface area contributed by atoms with Gasteiger partial charge < -0.3 is 14.4 Å². The Morgan fingerprint density at radius 2 is 2.09 bits per heavy atom. The van der Waals surface area contributed by atoms with Crippen LogP contribution in [-0.4, -0.2) is 38.9 Å². The van der Waals surface area contributed by atoms with E-state index in [1.165, 1.54) is 4.90 Å². The van der Waals surface area contributed by atoms with Gasteiger partial charge in [0.2, 0.25) is 11.8 Å². The third kappa shape index (κ3) is 3.22. The first-order valence-electron chi connectivity index (χ1n) is 7.21. The van der Waals surface area contributed by atoms with Crippen LogP contribution in [0, 0.1) is 0 Å². The number of nitrogens with zero attached hydrogens (tertiary/aromatic N) is 3. The van der Waals surface area contributed by atoms with Gasteiger partial charge in [-0.1, -0.05) is 11.6 Å². The summed E-state index contributed by atoms with van der Waals surface area (Å²) in [5.41, 5.74) is 0.793. The second kappa shape index (κ2) is 6.36. The first-order chi connectivity index (χ1) is 10.6. The first-order valence-corrected chi connectivity index (χ1v) is 7.59. The average Bonchev–Trinajstić information content (AvgIpc) is 2.97. The maximum absolute atomic E-state index is 11.3. The van der Waals surface area contributed by atoms with Gasteiger partial charge in [-0.2, -0.15) is 0 Å². The Morgan fingerprint density at radius 1 is 1.32 bits per heavy atom. The number of carbonyl (C=O) groups is 1. The van der Waals surface area contributed by atoms with Crippen LogP contribution in [0.4, 0.5) is 4.79 Å². The molecule has 1 saturated heterocycles. The Balaban J connectivity index is 1.73. The monoisotopic (exact) mass is 321 g/mol. The van der Waals surface area contributed by atoms with Gasteiger partial charge in [-0.3, -0.25) is 0 Å². The summed E-state index contributed by atoms with van der Waals surface area (Å²) in [6.07, 6.45) is 2.31. The largest absolute Gasteiger partial charge is 0.465 e. The van der Waals surface area contributed by atoms with E-state index in [1.54, 1.807) is 12.1 Å². The molecule has 2 aromatic rings. The highest BCUT2D eigenvalue weighted by Gasteiger charge is 2.28. The molecule has 22 heavy (non-hydrogen) atoms. The van der Waals surface area contributed by atoms with Crippen LogP contribution in [0.3, 0.4) is 0 Å². The van der Waals surface area contributed by atoms with Crippen LogP contribution in [0.5, 0.6) is 0 Å². The molecule has 7 heteroatoms. The molecular formula is C15H16ClN3O3. The van der Waals surface area contributed by atoms with E-state index >= 15 is 0 Å². The number of likely N-dealkylation sites (tertiary alicyclic amines) is 1. The van der Waals surface area contributed by atoms with Crippen LogP contribution < -0.4 is 0 Å². The summed E-state index contributed by atoms with van der Waals surface area (Å²) < 4.78 is 5.66. The Labute approximate surface area is 132 Å². The molecule has 116 valence electrons. The number of hydrogen-bond acceptors (Lipinski definition) is 4. The number of piperidine rings is 1. The van der Waals surface area contributed by atoms with E-state index < -0.39 is 6.09 Å². The number of rotatable bonds is 3. The van der Waals surface area contributed by atoms with Gasteiger partial charge in [-0.05, 0) is 43.5 Å². The van der Waals surface area contributed by atoms with E-state index in [9.17, 15) is 9.90 Å². The summed E-state index contributed by atoms with van der Waals surface area (Å²) in [4.78, 5) is 12.7. The van der Waals surface area contributed by atoms with Crippen molar-refractivity contribution in [3.05, 3.63) is 35.2 Å². The van der Waals surface area contributed by atoms with E-state index in [1.807, 2.05) is 12.1 Å². The molecule has 3 rings (SSSR count). The standard InChI is InChI=1S/C15H16ClN3O3/c16-11-6-4-10(5-7-11)14-18-17-13(22-14)9-12-3-1-2-8-19(12)15(20)21/h4-7,12H,1-3,8-9H2,(H,20,21)/t12-/m0/s1. The number of aromatic nitrogens is 2. The third-order valence-electron chi connectivity index (χ3n) is 3.84. The SMILES string of the molecule is O=C(O)N1CCCC[C@H]1Cc1nnc(-c2ccc(Cl)cc2)o1. The molecule has 1 aliphatic rings. The number of halogens is 1. The predicted molar refractivity (Wildman–Crippen MR) is 80.8 cm³/mol. The van der Waals surface area contributed by atoms with Gasteiger partial charge >= 0.3 is 6.09 Å². The normalized spacial score (nSPS) is 18.4. The van der Waals surface area contributed by atoms with E-state index in [2.05, 4.69) is 10.2 Å². The van der Waals surface area contributed by atoms with Crippen LogP contribution in [0.1, 0.15) is 25.2 Å². The zero-order valence-electron chi connectivity index (χ0n) is 11.9. The van der Waals surface area contributed by atoms with E-state index in [4.69, 9.17) is 16.0 Å². The molecule has 0 saturated carbocycles. The van der Waals surface area contributed by atoms with Gasteiger partial charge in [-0.15, -0.1) is 10.2 Å². The van der Waals surface area contributed by atoms with Gasteiger partial charge in [0.25, 0.3) is 0 Å². The molecule has 1 N–H and O–H groups in total. The Morgan fingerprint density at radius 3 is 2.82 bits per heavy atom. The first kappa shape index (κ1) is 14.8. The number of amides is 1. The molecule has 6 nitrogen and oxygen atoms in total. The molecule has 1 aromatic heterocycles. The lowest BCUT2D eigenvalue weighted by Gasteiger charge is -2.32. The maximum atomic E-state index is 11.3. The summed E-state index contributed by atoms with van der Waals surface area (Å²) in [5.74, 6) is 0.882. The van der Waals surface area contributed by atoms with E-state index in [0.29, 0.717) is 29.8 Å². The predicted octanol–water partition coefficient (Wildman–Crippen LogP) is 3.47. The molecule has 0 bridgehead atoms. The topological polar surface area (TPSA) is 79.5 Å². The summed E-state index contributed by atoms with van der Waals surface area (Å²) in [6, 6.07) is 7.04. The van der Waals surface area contributed by atoms with Crippen LogP contribution >= 0.6 is 11.6 Å². The second-order valence-corrected chi connectivity index (χ2v) is 5.77. The van der Waals surface area contributed by atoms with Crippen LogP contribution in [0.15, 0.2) is 28.7 Å². The Bertz CT molecular complexity index is 656. The summed E-state index contributed by atoms with van der Waals surface area (Å²) in [5, 5.41) is 17.9. The second-order valence-electron chi connectivity index (χ2n) is 5.34. The van der Waals surface area contributed by atoms with Crippen LogP contribution in [-0.2, 0) is 6.42 Å². The molecule has 1 aliphatic heterocycles. The summed E-state index contributed by atoms with van der Waals surface area (Å²) in [6.45, 7) is 0.568. The van der Waals surface area contributed by atoms with Crippen molar-refractivity contribution in [3.63, 3.8) is 0 Å². The zero-order valence-corrected chi connectivity index (χ0v) is 12.7. The molecule has 1 amide bonds. The van der Waals surface area contributed by atoms with E-state index in [-0.39, 0.29) is 6.04 Å². The van der Waals surface area contributed by atoms with Gasteiger partial charge in [0.05, 0.1) is 0 Å². The number of carboxylic acid groups (broad SMARTS) is 1. The minimum atomic E-state index is -0.887. The molecule has 0 unspecified atom stereocenters. The van der Waals surface area contributed by atoms with Crippen molar-refractivity contribution >= 4 is 17.7 Å². The van der Waals surface area contributed by atoms with Gasteiger partial charge in [0.15, 0.2) is 0 Å². The van der Waals surface area contributed by atoms with Crippen molar-refractivity contribution in [2.75, 3.05) is 6.54 Å². The lowest BCUT2D eigenvalue weighted by atomic mass is 10.00. The highest BCUT2D eigenvalue weighted by Crippen LogP contribution is 2.23. The average molecular weight is 322 g/mol. The number of hydrogen-bond donors (Lipinski definition) is 1. The zero-order chi connectivity index (χ0) is 15.5. The summed E-state index contributed by atoms with van der Waals surface area (Å²) in [7, 11) is 0. The van der Waals surface area contributed by atoms with Gasteiger partial charge in [-0.25, -0.2) is 4.79 Å². The molecule has 0 aliphatic carbocycles. The summed E-state index contributed by atoms with van der Waals surface area (Å²) >= 11 is 5.85. The Hall–Kier alpha value is -2.08. The molecule has 1 aromatic carbocycles. The lowest BCUT2D eigenvalue weighted by Crippen LogP contribution is -2.44. The highest BCUT2D eigenvalue weighted by molar-refractivity contribution is 6.30. The Kier molecular flexibility index (Phi) is 4.29. The van der Waals surface area contributed by atoms with Crippen molar-refractivity contribution < 1.29 is 14.3 Å². The fraction of sp³-hybridized carbons (Fsp3) is 0.400. The quantitative estimate of drug-likeness (QED) is 0.936. The molecule has 1 fully saturated rings. The van der Waals surface area contributed by atoms with Crippen molar-refractivity contribution in [2.24, 2.45) is 0 Å². The number of benzene rings is 1. The lowest BCUT2D eigenvalue weighted by molar-refractivity contribution is 0.104. The minimum Gasteiger partial charge on any atom is -0.465 e.